The van der Waals surface area contributed by atoms with Crippen LogP contribution < -0.4 is 0 Å². The summed E-state index contributed by atoms with van der Waals surface area (Å²) < 4.78 is 14.4. The fourth-order valence-corrected chi connectivity index (χ4v) is 4.95. The first kappa shape index (κ1) is 15.2. The molecule has 0 amide bonds. The van der Waals surface area contributed by atoms with Gasteiger partial charge in [0.15, 0.2) is 0 Å². The predicted octanol–water partition coefficient (Wildman–Crippen LogP) is 6.22. The van der Waals surface area contributed by atoms with Crippen molar-refractivity contribution in [2.45, 2.75) is 58.8 Å². The van der Waals surface area contributed by atoms with Gasteiger partial charge in [0.25, 0.3) is 0 Å². The number of hydrogen-bond donors (Lipinski definition) is 0. The van der Waals surface area contributed by atoms with Crippen molar-refractivity contribution in [1.29, 1.82) is 0 Å². The Morgan fingerprint density at radius 3 is 2.39 bits per heavy atom. The van der Waals surface area contributed by atoms with E-state index in [-0.39, 0.29) is 5.82 Å². The summed E-state index contributed by atoms with van der Waals surface area (Å²) in [7, 11) is 0. The van der Waals surface area contributed by atoms with Crippen molar-refractivity contribution in [1.82, 2.24) is 0 Å². The molecule has 0 bridgehead atoms. The van der Waals surface area contributed by atoms with Gasteiger partial charge in [0.1, 0.15) is 5.82 Å². The average molecular weight is 310 g/mol. The van der Waals surface area contributed by atoms with Gasteiger partial charge in [-0.1, -0.05) is 44.0 Å². The van der Waals surface area contributed by atoms with Gasteiger partial charge >= 0.3 is 0 Å². The molecule has 0 radical (unpaired) electrons. The van der Waals surface area contributed by atoms with Gasteiger partial charge in [0.2, 0.25) is 0 Å². The van der Waals surface area contributed by atoms with Crippen molar-refractivity contribution in [2.75, 3.05) is 0 Å². The van der Waals surface area contributed by atoms with Crippen molar-refractivity contribution in [2.24, 2.45) is 17.8 Å². The highest BCUT2D eigenvalue weighted by Crippen LogP contribution is 2.41. The Morgan fingerprint density at radius 2 is 1.61 bits per heavy atom. The maximum absolute atomic E-state index is 14.4. The standard InChI is InChI=1S/C22H27F/c1-14-3-6-16(7-4-14)17-8-11-19-18(13-17)9-12-21-20(19)10-5-15(2)22(21)23/h5,9-10,12,14,16-17H,3-4,6-8,11,13H2,1-2H3. The lowest BCUT2D eigenvalue weighted by Gasteiger charge is -2.36. The summed E-state index contributed by atoms with van der Waals surface area (Å²) in [5.41, 5.74) is 3.65. The van der Waals surface area contributed by atoms with Crippen LogP contribution in [0.1, 0.15) is 55.7 Å². The Hall–Kier alpha value is -1.37. The van der Waals surface area contributed by atoms with Crippen LogP contribution in [0.4, 0.5) is 4.39 Å². The van der Waals surface area contributed by atoms with Crippen LogP contribution in [0.15, 0.2) is 24.3 Å². The molecule has 0 aromatic heterocycles. The molecule has 23 heavy (non-hydrogen) atoms. The Balaban J connectivity index is 1.63. The van der Waals surface area contributed by atoms with Gasteiger partial charge < -0.3 is 0 Å². The molecule has 0 nitrogen and oxygen atoms in total. The van der Waals surface area contributed by atoms with E-state index in [4.69, 9.17) is 0 Å². The summed E-state index contributed by atoms with van der Waals surface area (Å²) in [4.78, 5) is 0. The first-order valence-corrected chi connectivity index (χ1v) is 9.33. The van der Waals surface area contributed by atoms with Crippen LogP contribution in [-0.4, -0.2) is 0 Å². The van der Waals surface area contributed by atoms with Crippen molar-refractivity contribution in [3.63, 3.8) is 0 Å². The molecule has 1 unspecified atom stereocenters. The largest absolute Gasteiger partial charge is 0.206 e. The molecule has 1 saturated carbocycles. The average Bonchev–Trinajstić information content (AvgIpc) is 2.58. The summed E-state index contributed by atoms with van der Waals surface area (Å²) in [5.74, 6) is 2.67. The van der Waals surface area contributed by atoms with Crippen LogP contribution in [-0.2, 0) is 12.8 Å². The quantitative estimate of drug-likeness (QED) is 0.586. The smallest absolute Gasteiger partial charge is 0.133 e. The Kier molecular flexibility index (Phi) is 3.91. The van der Waals surface area contributed by atoms with Gasteiger partial charge in [-0.25, -0.2) is 4.39 Å². The van der Waals surface area contributed by atoms with Crippen LogP contribution in [0.3, 0.4) is 0 Å². The second kappa shape index (κ2) is 5.92. The molecule has 0 aliphatic heterocycles. The minimum absolute atomic E-state index is 0.0336. The number of aryl methyl sites for hydroxylation is 2. The molecule has 0 N–H and O–H groups in total. The van der Waals surface area contributed by atoms with Crippen molar-refractivity contribution >= 4 is 10.8 Å². The third kappa shape index (κ3) is 2.69. The minimum atomic E-state index is -0.0336. The summed E-state index contributed by atoms with van der Waals surface area (Å²) in [6, 6.07) is 8.29. The van der Waals surface area contributed by atoms with Crippen LogP contribution >= 0.6 is 0 Å². The van der Waals surface area contributed by atoms with Gasteiger partial charge in [0.05, 0.1) is 0 Å². The van der Waals surface area contributed by atoms with Crippen molar-refractivity contribution in [3.8, 4) is 0 Å². The van der Waals surface area contributed by atoms with Crippen molar-refractivity contribution in [3.05, 3.63) is 46.8 Å². The Bertz CT molecular complexity index is 722. The third-order valence-electron chi connectivity index (χ3n) is 6.51. The Labute approximate surface area is 139 Å². The van der Waals surface area contributed by atoms with E-state index < -0.39 is 0 Å². The lowest BCUT2D eigenvalue weighted by Crippen LogP contribution is -2.26. The minimum Gasteiger partial charge on any atom is -0.206 e. The van der Waals surface area contributed by atoms with E-state index in [9.17, 15) is 4.39 Å². The van der Waals surface area contributed by atoms with Gasteiger partial charge in [-0.3, -0.25) is 0 Å². The van der Waals surface area contributed by atoms with E-state index in [1.54, 1.807) is 0 Å². The zero-order valence-corrected chi connectivity index (χ0v) is 14.4. The normalized spacial score (nSPS) is 27.9. The van der Waals surface area contributed by atoms with Crippen LogP contribution in [0.5, 0.6) is 0 Å². The number of halogens is 1. The summed E-state index contributed by atoms with van der Waals surface area (Å²) in [6.07, 6.45) is 9.30. The van der Waals surface area contributed by atoms with Gasteiger partial charge in [-0.15, -0.1) is 0 Å². The maximum Gasteiger partial charge on any atom is 0.133 e. The van der Waals surface area contributed by atoms with Gasteiger partial charge in [-0.05, 0) is 78.9 Å². The fraction of sp³-hybridized carbons (Fsp3) is 0.545. The van der Waals surface area contributed by atoms with Crippen LogP contribution in [0.25, 0.3) is 10.8 Å². The summed E-state index contributed by atoms with van der Waals surface area (Å²) >= 11 is 0. The lowest BCUT2D eigenvalue weighted by atomic mass is 9.69. The first-order valence-electron chi connectivity index (χ1n) is 9.33. The van der Waals surface area contributed by atoms with Gasteiger partial charge in [-0.2, -0.15) is 0 Å². The van der Waals surface area contributed by atoms with Gasteiger partial charge in [0, 0.05) is 5.39 Å². The molecule has 1 heteroatoms. The zero-order chi connectivity index (χ0) is 16.0. The van der Waals surface area contributed by atoms with E-state index >= 15 is 0 Å². The SMILES string of the molecule is Cc1ccc2c3c(ccc2c1F)CC(C1CCC(C)CC1)CC3. The maximum atomic E-state index is 14.4. The first-order chi connectivity index (χ1) is 11.1. The molecule has 0 heterocycles. The van der Waals surface area contributed by atoms with E-state index in [2.05, 4.69) is 19.1 Å². The molecule has 1 atom stereocenters. The predicted molar refractivity (Wildman–Crippen MR) is 95.3 cm³/mol. The Morgan fingerprint density at radius 1 is 0.870 bits per heavy atom. The molecule has 2 aromatic rings. The number of hydrogen-bond acceptors (Lipinski definition) is 0. The molecule has 0 spiro atoms. The van der Waals surface area contributed by atoms with E-state index in [1.165, 1.54) is 49.7 Å². The van der Waals surface area contributed by atoms with E-state index in [0.29, 0.717) is 0 Å². The topological polar surface area (TPSA) is 0 Å². The molecule has 1 fully saturated rings. The fourth-order valence-electron chi connectivity index (χ4n) is 4.95. The highest BCUT2D eigenvalue weighted by atomic mass is 19.1. The molecule has 4 rings (SSSR count). The van der Waals surface area contributed by atoms with Crippen LogP contribution in [0, 0.1) is 30.5 Å². The second-order valence-corrected chi connectivity index (χ2v) is 8.02. The number of fused-ring (bicyclic) bond motifs is 3. The molecule has 0 saturated heterocycles. The van der Waals surface area contributed by atoms with Crippen molar-refractivity contribution < 1.29 is 4.39 Å². The van der Waals surface area contributed by atoms with E-state index in [1.807, 2.05) is 19.1 Å². The molecular weight excluding hydrogens is 283 g/mol. The number of rotatable bonds is 1. The van der Waals surface area contributed by atoms with Crippen LogP contribution in [0.2, 0.25) is 0 Å². The second-order valence-electron chi connectivity index (χ2n) is 8.02. The highest BCUT2D eigenvalue weighted by molar-refractivity contribution is 5.88. The third-order valence-corrected chi connectivity index (χ3v) is 6.51. The summed E-state index contributed by atoms with van der Waals surface area (Å²) in [5, 5.41) is 1.97. The number of benzene rings is 2. The van der Waals surface area contributed by atoms with E-state index in [0.717, 1.165) is 40.5 Å². The lowest BCUT2D eigenvalue weighted by molar-refractivity contribution is 0.197. The summed E-state index contributed by atoms with van der Waals surface area (Å²) in [6.45, 7) is 4.25. The molecule has 2 aliphatic rings. The molecular formula is C22H27F. The monoisotopic (exact) mass is 310 g/mol. The molecule has 2 aliphatic carbocycles. The molecule has 2 aromatic carbocycles. The molecule has 122 valence electrons. The zero-order valence-electron chi connectivity index (χ0n) is 14.4. The highest BCUT2D eigenvalue weighted by Gasteiger charge is 2.29.